The fraction of sp³-hybridized carbons (Fsp3) is 0.0909. The maximum Gasteiger partial charge on any atom is 0.231 e. The van der Waals surface area contributed by atoms with Crippen LogP contribution in [0.2, 0.25) is 0 Å². The molecule has 0 saturated carbocycles. The van der Waals surface area contributed by atoms with Gasteiger partial charge in [-0.1, -0.05) is 6.07 Å². The van der Waals surface area contributed by atoms with Crippen LogP contribution in [0.5, 0.6) is 5.88 Å². The maximum absolute atomic E-state index is 13.0. The monoisotopic (exact) mass is 314 g/mol. The first-order valence-electron chi connectivity index (χ1n) is 4.69. The van der Waals surface area contributed by atoms with Crippen LogP contribution in [0.1, 0.15) is 0 Å². The second-order valence-corrected chi connectivity index (χ2v) is 4.96. The Kier molecular flexibility index (Phi) is 3.96. The summed E-state index contributed by atoms with van der Waals surface area (Å²) in [5, 5.41) is 0.510. The zero-order valence-electron chi connectivity index (χ0n) is 8.85. The van der Waals surface area contributed by atoms with Gasteiger partial charge in [0, 0.05) is 11.1 Å². The number of halogens is 2. The predicted molar refractivity (Wildman–Crippen MR) is 66.8 cm³/mol. The third kappa shape index (κ3) is 3.17. The number of hydrogen-bond donors (Lipinski definition) is 0. The minimum absolute atomic E-state index is 0.279. The van der Waals surface area contributed by atoms with Crippen molar-refractivity contribution in [2.75, 3.05) is 7.11 Å². The van der Waals surface area contributed by atoms with E-state index in [1.54, 1.807) is 18.3 Å². The average molecular weight is 315 g/mol. The summed E-state index contributed by atoms with van der Waals surface area (Å²) in [6.45, 7) is 0. The lowest BCUT2D eigenvalue weighted by Gasteiger charge is -2.04. The van der Waals surface area contributed by atoms with E-state index in [9.17, 15) is 4.39 Å². The van der Waals surface area contributed by atoms with E-state index in [1.807, 2.05) is 0 Å². The molecule has 1 heterocycles. The molecule has 3 nitrogen and oxygen atoms in total. The van der Waals surface area contributed by atoms with Gasteiger partial charge in [-0.3, -0.25) is 0 Å². The van der Waals surface area contributed by atoms with Crippen LogP contribution in [-0.2, 0) is 0 Å². The number of aromatic nitrogens is 2. The molecule has 0 radical (unpaired) electrons. The van der Waals surface area contributed by atoms with Crippen LogP contribution in [0.4, 0.5) is 4.39 Å². The highest BCUT2D eigenvalue weighted by molar-refractivity contribution is 9.10. The molecule has 0 aliphatic carbocycles. The molecule has 0 N–H and O–H groups in total. The van der Waals surface area contributed by atoms with Crippen molar-refractivity contribution in [3.8, 4) is 5.88 Å². The van der Waals surface area contributed by atoms with Crippen molar-refractivity contribution in [2.24, 2.45) is 0 Å². The number of ether oxygens (including phenoxy) is 1. The van der Waals surface area contributed by atoms with E-state index < -0.39 is 0 Å². The zero-order valence-corrected chi connectivity index (χ0v) is 11.3. The first-order valence-corrected chi connectivity index (χ1v) is 6.30. The first-order chi connectivity index (χ1) is 8.19. The summed E-state index contributed by atoms with van der Waals surface area (Å²) in [6, 6.07) is 6.27. The first kappa shape index (κ1) is 12.3. The third-order valence-electron chi connectivity index (χ3n) is 1.89. The number of nitrogens with zero attached hydrogens (tertiary/aromatic N) is 2. The molecule has 1 aromatic heterocycles. The highest BCUT2D eigenvalue weighted by Gasteiger charge is 2.07. The van der Waals surface area contributed by atoms with E-state index in [4.69, 9.17) is 4.74 Å². The van der Waals surface area contributed by atoms with Crippen molar-refractivity contribution < 1.29 is 9.13 Å². The largest absolute Gasteiger partial charge is 0.480 e. The van der Waals surface area contributed by atoms with Gasteiger partial charge in [0.1, 0.15) is 5.82 Å². The standard InChI is InChI=1S/C11H8BrFN2OS/c1-16-10-9(12)6-14-11(15-10)17-8-4-2-3-7(13)5-8/h2-6H,1H3. The van der Waals surface area contributed by atoms with Crippen molar-refractivity contribution in [2.45, 2.75) is 10.1 Å². The van der Waals surface area contributed by atoms with Gasteiger partial charge in [0.05, 0.1) is 11.6 Å². The van der Waals surface area contributed by atoms with Gasteiger partial charge in [-0.25, -0.2) is 9.37 Å². The van der Waals surface area contributed by atoms with Gasteiger partial charge in [-0.15, -0.1) is 0 Å². The van der Waals surface area contributed by atoms with Gasteiger partial charge in [-0.2, -0.15) is 4.98 Å². The predicted octanol–water partition coefficient (Wildman–Crippen LogP) is 3.54. The minimum Gasteiger partial charge on any atom is -0.480 e. The fourth-order valence-electron chi connectivity index (χ4n) is 1.16. The van der Waals surface area contributed by atoms with Gasteiger partial charge in [0.2, 0.25) is 5.88 Å². The summed E-state index contributed by atoms with van der Waals surface area (Å²) in [7, 11) is 1.53. The number of benzene rings is 1. The maximum atomic E-state index is 13.0. The third-order valence-corrected chi connectivity index (χ3v) is 3.30. The van der Waals surface area contributed by atoms with Crippen molar-refractivity contribution in [1.29, 1.82) is 0 Å². The van der Waals surface area contributed by atoms with E-state index >= 15 is 0 Å². The molecule has 0 aliphatic rings. The van der Waals surface area contributed by atoms with Crippen LogP contribution >= 0.6 is 27.7 Å². The van der Waals surface area contributed by atoms with Crippen LogP contribution in [0.25, 0.3) is 0 Å². The van der Waals surface area contributed by atoms with Crippen LogP contribution in [-0.4, -0.2) is 17.1 Å². The van der Waals surface area contributed by atoms with Gasteiger partial charge >= 0.3 is 0 Å². The molecule has 0 aliphatic heterocycles. The van der Waals surface area contributed by atoms with Crippen LogP contribution in [0.15, 0.2) is 45.0 Å². The Hall–Kier alpha value is -1.14. The van der Waals surface area contributed by atoms with Crippen LogP contribution in [0.3, 0.4) is 0 Å². The SMILES string of the molecule is COc1nc(Sc2cccc(F)c2)ncc1Br. The second-order valence-electron chi connectivity index (χ2n) is 3.07. The molecule has 0 atom stereocenters. The average Bonchev–Trinajstić information content (AvgIpc) is 2.32. The molecule has 1 aromatic carbocycles. The zero-order chi connectivity index (χ0) is 12.3. The Morgan fingerprint density at radius 3 is 2.94 bits per heavy atom. The molecule has 2 aromatic rings. The molecule has 0 saturated heterocycles. The van der Waals surface area contributed by atoms with Gasteiger partial charge in [-0.05, 0) is 45.9 Å². The Labute approximate surface area is 111 Å². The van der Waals surface area contributed by atoms with Gasteiger partial charge in [0.25, 0.3) is 0 Å². The normalized spacial score (nSPS) is 10.3. The Balaban J connectivity index is 2.24. The molecule has 2 rings (SSSR count). The molecular formula is C11H8BrFN2OS. The summed E-state index contributed by atoms with van der Waals surface area (Å²) in [4.78, 5) is 9.04. The summed E-state index contributed by atoms with van der Waals surface area (Å²) in [6.07, 6.45) is 1.60. The Bertz CT molecular complexity index is 539. The molecule has 88 valence electrons. The van der Waals surface area contributed by atoms with Crippen molar-refractivity contribution in [3.63, 3.8) is 0 Å². The van der Waals surface area contributed by atoms with E-state index in [-0.39, 0.29) is 5.82 Å². The molecule has 17 heavy (non-hydrogen) atoms. The lowest BCUT2D eigenvalue weighted by atomic mass is 10.4. The second kappa shape index (κ2) is 5.46. The number of rotatable bonds is 3. The summed E-state index contributed by atoms with van der Waals surface area (Å²) < 4.78 is 18.7. The molecule has 0 unspecified atom stereocenters. The van der Waals surface area contributed by atoms with Crippen molar-refractivity contribution >= 4 is 27.7 Å². The molecule has 0 spiro atoms. The van der Waals surface area contributed by atoms with Crippen LogP contribution in [0, 0.1) is 5.82 Å². The van der Waals surface area contributed by atoms with E-state index in [1.165, 1.54) is 31.0 Å². The molecule has 0 fully saturated rings. The number of methoxy groups -OCH3 is 1. The quantitative estimate of drug-likeness (QED) is 0.812. The lowest BCUT2D eigenvalue weighted by Crippen LogP contribution is -1.93. The molecular weight excluding hydrogens is 307 g/mol. The Morgan fingerprint density at radius 2 is 2.24 bits per heavy atom. The highest BCUT2D eigenvalue weighted by Crippen LogP contribution is 2.28. The Morgan fingerprint density at radius 1 is 1.41 bits per heavy atom. The van der Waals surface area contributed by atoms with Crippen LogP contribution < -0.4 is 4.74 Å². The van der Waals surface area contributed by atoms with Crippen molar-refractivity contribution in [1.82, 2.24) is 9.97 Å². The number of hydrogen-bond acceptors (Lipinski definition) is 4. The van der Waals surface area contributed by atoms with E-state index in [0.717, 1.165) is 4.90 Å². The molecule has 6 heteroatoms. The summed E-state index contributed by atoms with van der Waals surface area (Å²) in [5.41, 5.74) is 0. The van der Waals surface area contributed by atoms with E-state index in [2.05, 4.69) is 25.9 Å². The van der Waals surface area contributed by atoms with Gasteiger partial charge < -0.3 is 4.74 Å². The topological polar surface area (TPSA) is 35.0 Å². The molecule has 0 amide bonds. The van der Waals surface area contributed by atoms with Crippen molar-refractivity contribution in [3.05, 3.63) is 40.8 Å². The fourth-order valence-corrected chi connectivity index (χ4v) is 2.28. The highest BCUT2D eigenvalue weighted by atomic mass is 79.9. The summed E-state index contributed by atoms with van der Waals surface area (Å²) >= 11 is 4.55. The smallest absolute Gasteiger partial charge is 0.231 e. The minimum atomic E-state index is -0.279. The van der Waals surface area contributed by atoms with E-state index in [0.29, 0.717) is 15.5 Å². The van der Waals surface area contributed by atoms with Gasteiger partial charge in [0.15, 0.2) is 5.16 Å². The summed E-state index contributed by atoms with van der Waals surface area (Å²) in [5.74, 6) is 0.179. The molecule has 0 bridgehead atoms. The lowest BCUT2D eigenvalue weighted by molar-refractivity contribution is 0.389.